The second-order valence-corrected chi connectivity index (χ2v) is 5.83. The summed E-state index contributed by atoms with van der Waals surface area (Å²) in [4.78, 5) is 4.17. The van der Waals surface area contributed by atoms with Crippen LogP contribution in [0.4, 0.5) is 0 Å². The lowest BCUT2D eigenvalue weighted by molar-refractivity contribution is 0.434. The molecule has 114 valence electrons. The fourth-order valence-corrected chi connectivity index (χ4v) is 2.79. The highest BCUT2D eigenvalue weighted by molar-refractivity contribution is 6.31. The van der Waals surface area contributed by atoms with Crippen molar-refractivity contribution in [3.63, 3.8) is 0 Å². The summed E-state index contributed by atoms with van der Waals surface area (Å²) in [5.41, 5.74) is 2.32. The zero-order valence-electron chi connectivity index (χ0n) is 12.9. The highest BCUT2D eigenvalue weighted by Crippen LogP contribution is 2.28. The topological polar surface area (TPSA) is 42.7 Å². The summed E-state index contributed by atoms with van der Waals surface area (Å²) >= 11 is 6.37. The highest BCUT2D eigenvalue weighted by Gasteiger charge is 2.20. The zero-order valence-corrected chi connectivity index (χ0v) is 13.6. The van der Waals surface area contributed by atoms with Crippen LogP contribution < -0.4 is 5.32 Å². The first-order valence-corrected chi connectivity index (χ1v) is 7.86. The Morgan fingerprint density at radius 3 is 2.76 bits per heavy atom. The Morgan fingerprint density at radius 1 is 1.33 bits per heavy atom. The number of hydrogen-bond acceptors (Lipinski definition) is 3. The second-order valence-electron chi connectivity index (χ2n) is 5.43. The lowest BCUT2D eigenvalue weighted by Crippen LogP contribution is -2.25. The molecular weight excluding hydrogens is 284 g/mol. The molecular formula is C16H23ClN4. The third-order valence-electron chi connectivity index (χ3n) is 3.50. The SMILES string of the molecule is CCNC(CCc1cccnc1)c1c(Cl)cnn1C(C)C. The van der Waals surface area contributed by atoms with Gasteiger partial charge in [0, 0.05) is 18.4 Å². The summed E-state index contributed by atoms with van der Waals surface area (Å²) in [6.45, 7) is 7.26. The van der Waals surface area contributed by atoms with Crippen LogP contribution in [0.2, 0.25) is 5.02 Å². The average Bonchev–Trinajstić information content (AvgIpc) is 2.86. The van der Waals surface area contributed by atoms with Crippen molar-refractivity contribution in [3.05, 3.63) is 47.0 Å². The minimum atomic E-state index is 0.201. The van der Waals surface area contributed by atoms with Crippen molar-refractivity contribution in [2.24, 2.45) is 0 Å². The van der Waals surface area contributed by atoms with Crippen molar-refractivity contribution in [3.8, 4) is 0 Å². The summed E-state index contributed by atoms with van der Waals surface area (Å²) in [5, 5.41) is 8.67. The molecule has 2 aromatic rings. The van der Waals surface area contributed by atoms with E-state index in [1.807, 2.05) is 16.9 Å². The summed E-state index contributed by atoms with van der Waals surface area (Å²) in [6, 6.07) is 4.58. The number of aromatic nitrogens is 3. The van der Waals surface area contributed by atoms with Crippen LogP contribution in [0.25, 0.3) is 0 Å². The van der Waals surface area contributed by atoms with Crippen LogP contribution in [0.15, 0.2) is 30.7 Å². The first kappa shape index (κ1) is 16.0. The van der Waals surface area contributed by atoms with E-state index < -0.39 is 0 Å². The van der Waals surface area contributed by atoms with Gasteiger partial charge in [0.25, 0.3) is 0 Å². The van der Waals surface area contributed by atoms with Gasteiger partial charge in [0.2, 0.25) is 0 Å². The summed E-state index contributed by atoms with van der Waals surface area (Å²) in [7, 11) is 0. The van der Waals surface area contributed by atoms with E-state index in [0.717, 1.165) is 30.1 Å². The molecule has 0 aliphatic carbocycles. The van der Waals surface area contributed by atoms with Gasteiger partial charge < -0.3 is 5.32 Å². The minimum absolute atomic E-state index is 0.201. The third-order valence-corrected chi connectivity index (χ3v) is 3.79. The van der Waals surface area contributed by atoms with Gasteiger partial charge in [-0.1, -0.05) is 24.6 Å². The van der Waals surface area contributed by atoms with Crippen molar-refractivity contribution in [1.82, 2.24) is 20.1 Å². The summed E-state index contributed by atoms with van der Waals surface area (Å²) in [6.07, 6.45) is 7.40. The second kappa shape index (κ2) is 7.57. The fraction of sp³-hybridized carbons (Fsp3) is 0.500. The predicted molar refractivity (Wildman–Crippen MR) is 86.6 cm³/mol. The molecule has 1 atom stereocenters. The molecule has 5 heteroatoms. The van der Waals surface area contributed by atoms with E-state index in [9.17, 15) is 0 Å². The van der Waals surface area contributed by atoms with Crippen molar-refractivity contribution < 1.29 is 0 Å². The Bertz CT molecular complexity index is 551. The van der Waals surface area contributed by atoms with Gasteiger partial charge >= 0.3 is 0 Å². The largest absolute Gasteiger partial charge is 0.309 e. The molecule has 2 rings (SSSR count). The molecule has 2 heterocycles. The van der Waals surface area contributed by atoms with Crippen LogP contribution in [0.1, 0.15) is 50.5 Å². The maximum absolute atomic E-state index is 6.37. The van der Waals surface area contributed by atoms with Crippen molar-refractivity contribution in [2.75, 3.05) is 6.54 Å². The number of rotatable bonds is 7. The van der Waals surface area contributed by atoms with Gasteiger partial charge in [0.15, 0.2) is 0 Å². The monoisotopic (exact) mass is 306 g/mol. The van der Waals surface area contributed by atoms with E-state index >= 15 is 0 Å². The maximum Gasteiger partial charge on any atom is 0.0834 e. The van der Waals surface area contributed by atoms with Gasteiger partial charge in [-0.15, -0.1) is 0 Å². The Kier molecular flexibility index (Phi) is 5.76. The van der Waals surface area contributed by atoms with Gasteiger partial charge in [-0.05, 0) is 44.9 Å². The third kappa shape index (κ3) is 4.05. The predicted octanol–water partition coefficient (Wildman–Crippen LogP) is 3.80. The number of hydrogen-bond donors (Lipinski definition) is 1. The van der Waals surface area contributed by atoms with Gasteiger partial charge in [0.1, 0.15) is 0 Å². The Balaban J connectivity index is 2.17. The smallest absolute Gasteiger partial charge is 0.0834 e. The maximum atomic E-state index is 6.37. The van der Waals surface area contributed by atoms with Crippen LogP contribution >= 0.6 is 11.6 Å². The Labute approximate surface area is 131 Å². The molecule has 21 heavy (non-hydrogen) atoms. The van der Waals surface area contributed by atoms with Gasteiger partial charge in [-0.25, -0.2) is 0 Å². The lowest BCUT2D eigenvalue weighted by Gasteiger charge is -2.21. The lowest BCUT2D eigenvalue weighted by atomic mass is 10.0. The van der Waals surface area contributed by atoms with E-state index in [-0.39, 0.29) is 6.04 Å². The molecule has 1 unspecified atom stereocenters. The standard InChI is InChI=1S/C16H23ClN4/c1-4-19-15(8-7-13-6-5-9-18-10-13)16-14(17)11-20-21(16)12(2)3/h5-6,9-12,15,19H,4,7-8H2,1-3H3. The first-order chi connectivity index (χ1) is 10.1. The van der Waals surface area contributed by atoms with E-state index in [1.54, 1.807) is 12.4 Å². The highest BCUT2D eigenvalue weighted by atomic mass is 35.5. The molecule has 0 aromatic carbocycles. The van der Waals surface area contributed by atoms with Crippen molar-refractivity contribution in [2.45, 2.75) is 45.7 Å². The van der Waals surface area contributed by atoms with Gasteiger partial charge in [0.05, 0.1) is 23.0 Å². The quantitative estimate of drug-likeness (QED) is 0.846. The number of aryl methyl sites for hydroxylation is 1. The molecule has 0 amide bonds. The zero-order chi connectivity index (χ0) is 15.2. The number of nitrogens with one attached hydrogen (secondary N) is 1. The minimum Gasteiger partial charge on any atom is -0.309 e. The normalized spacial score (nSPS) is 12.8. The first-order valence-electron chi connectivity index (χ1n) is 7.48. The summed E-state index contributed by atoms with van der Waals surface area (Å²) < 4.78 is 2.01. The van der Waals surface area contributed by atoms with Crippen LogP contribution in [0.5, 0.6) is 0 Å². The molecule has 0 spiro atoms. The van der Waals surface area contributed by atoms with Crippen LogP contribution in [-0.2, 0) is 6.42 Å². The molecule has 0 radical (unpaired) electrons. The molecule has 0 fully saturated rings. The van der Waals surface area contributed by atoms with Gasteiger partial charge in [-0.2, -0.15) is 5.10 Å². The fourth-order valence-electron chi connectivity index (χ4n) is 2.53. The van der Waals surface area contributed by atoms with Crippen LogP contribution in [0.3, 0.4) is 0 Å². The molecule has 0 aliphatic rings. The van der Waals surface area contributed by atoms with Crippen molar-refractivity contribution >= 4 is 11.6 Å². The molecule has 0 saturated carbocycles. The molecule has 1 N–H and O–H groups in total. The van der Waals surface area contributed by atoms with Gasteiger partial charge in [-0.3, -0.25) is 9.67 Å². The van der Waals surface area contributed by atoms with Crippen LogP contribution in [0, 0.1) is 0 Å². The number of nitrogens with zero attached hydrogens (tertiary/aromatic N) is 3. The Hall–Kier alpha value is -1.39. The van der Waals surface area contributed by atoms with Crippen LogP contribution in [-0.4, -0.2) is 21.3 Å². The summed E-state index contributed by atoms with van der Waals surface area (Å²) in [5.74, 6) is 0. The Morgan fingerprint density at radius 2 is 2.14 bits per heavy atom. The average molecular weight is 307 g/mol. The molecule has 0 bridgehead atoms. The van der Waals surface area contributed by atoms with E-state index in [1.165, 1.54) is 5.56 Å². The number of pyridine rings is 1. The molecule has 0 aliphatic heterocycles. The van der Waals surface area contributed by atoms with E-state index in [0.29, 0.717) is 6.04 Å². The van der Waals surface area contributed by atoms with E-state index in [2.05, 4.69) is 42.2 Å². The molecule has 0 saturated heterocycles. The van der Waals surface area contributed by atoms with E-state index in [4.69, 9.17) is 11.6 Å². The number of halogens is 1. The molecule has 4 nitrogen and oxygen atoms in total. The van der Waals surface area contributed by atoms with Crippen molar-refractivity contribution in [1.29, 1.82) is 0 Å². The molecule has 2 aromatic heterocycles.